The number of nitrogens with zero attached hydrogens (tertiary/aromatic N) is 1. The molecule has 2 aromatic rings. The Morgan fingerprint density at radius 2 is 2.11 bits per heavy atom. The first-order chi connectivity index (χ1) is 8.59. The van der Waals surface area contributed by atoms with Gasteiger partial charge in [0.2, 0.25) is 0 Å². The topological polar surface area (TPSA) is 33.1 Å². The van der Waals surface area contributed by atoms with E-state index in [1.54, 1.807) is 6.20 Å². The van der Waals surface area contributed by atoms with Crippen LogP contribution in [0.25, 0.3) is 0 Å². The maximum atomic E-state index is 13.3. The van der Waals surface area contributed by atoms with Gasteiger partial charge < -0.3 is 5.11 Å². The molecule has 92 valence electrons. The van der Waals surface area contributed by atoms with Crippen LogP contribution in [0, 0.1) is 12.7 Å². The third-order valence-electron chi connectivity index (χ3n) is 3.65. The number of pyridine rings is 1. The molecule has 0 spiro atoms. The van der Waals surface area contributed by atoms with Crippen LogP contribution in [0.15, 0.2) is 36.7 Å². The molecule has 0 aliphatic heterocycles. The Hall–Kier alpha value is -1.74. The average Bonchev–Trinajstić information content (AvgIpc) is 2.68. The molecule has 0 amide bonds. The van der Waals surface area contributed by atoms with Crippen LogP contribution in [0.4, 0.5) is 4.39 Å². The summed E-state index contributed by atoms with van der Waals surface area (Å²) in [6, 6.07) is 7.42. The van der Waals surface area contributed by atoms with E-state index in [1.165, 1.54) is 6.07 Å². The molecule has 3 rings (SSSR count). The fraction of sp³-hybridized carbons (Fsp3) is 0.267. The molecule has 1 N–H and O–H groups in total. The molecular formula is C15H14FNO. The number of fused-ring (bicyclic) bond motifs is 1. The van der Waals surface area contributed by atoms with E-state index < -0.39 is 11.4 Å². The van der Waals surface area contributed by atoms with Gasteiger partial charge in [-0.3, -0.25) is 4.98 Å². The zero-order chi connectivity index (χ0) is 12.8. The number of aliphatic hydroxyl groups is 1. The number of rotatable bonds is 1. The molecule has 0 fully saturated rings. The highest BCUT2D eigenvalue weighted by Crippen LogP contribution is 2.42. The zero-order valence-electron chi connectivity index (χ0n) is 10.2. The van der Waals surface area contributed by atoms with Crippen LogP contribution in [0.5, 0.6) is 0 Å². The van der Waals surface area contributed by atoms with Gasteiger partial charge in [0.15, 0.2) is 0 Å². The summed E-state index contributed by atoms with van der Waals surface area (Å²) >= 11 is 0. The number of benzene rings is 1. The lowest BCUT2D eigenvalue weighted by Crippen LogP contribution is -2.24. The monoisotopic (exact) mass is 243 g/mol. The summed E-state index contributed by atoms with van der Waals surface area (Å²) in [5, 5.41) is 10.9. The van der Waals surface area contributed by atoms with E-state index >= 15 is 0 Å². The van der Waals surface area contributed by atoms with Crippen LogP contribution in [-0.4, -0.2) is 10.1 Å². The highest BCUT2D eigenvalue weighted by Gasteiger charge is 2.38. The average molecular weight is 243 g/mol. The largest absolute Gasteiger partial charge is 0.380 e. The lowest BCUT2D eigenvalue weighted by atomic mass is 9.88. The Balaban J connectivity index is 2.16. The maximum Gasteiger partial charge on any atom is 0.141 e. The second kappa shape index (κ2) is 3.89. The van der Waals surface area contributed by atoms with Crippen LogP contribution >= 0.6 is 0 Å². The van der Waals surface area contributed by atoms with Gasteiger partial charge in [0.05, 0.1) is 6.20 Å². The molecule has 1 aliphatic carbocycles. The third kappa shape index (κ3) is 1.63. The van der Waals surface area contributed by atoms with Crippen molar-refractivity contribution in [3.63, 3.8) is 0 Å². The quantitative estimate of drug-likeness (QED) is 0.835. The van der Waals surface area contributed by atoms with E-state index in [0.717, 1.165) is 29.3 Å². The summed E-state index contributed by atoms with van der Waals surface area (Å²) in [5.74, 6) is -0.415. The van der Waals surface area contributed by atoms with Crippen molar-refractivity contribution in [1.29, 1.82) is 0 Å². The molecule has 2 nitrogen and oxygen atoms in total. The molecule has 1 unspecified atom stereocenters. The molecule has 1 heterocycles. The molecule has 1 aromatic carbocycles. The van der Waals surface area contributed by atoms with E-state index in [4.69, 9.17) is 0 Å². The normalized spacial score (nSPS) is 21.9. The van der Waals surface area contributed by atoms with Crippen molar-refractivity contribution < 1.29 is 9.50 Å². The Morgan fingerprint density at radius 3 is 2.89 bits per heavy atom. The van der Waals surface area contributed by atoms with Crippen molar-refractivity contribution in [1.82, 2.24) is 4.98 Å². The molecule has 0 saturated carbocycles. The molecule has 3 heteroatoms. The molecule has 0 bridgehead atoms. The zero-order valence-corrected chi connectivity index (χ0v) is 10.2. The standard InChI is InChI=1S/C15H14FNO/c1-10-2-3-11-4-5-15(18,14(11)6-10)12-7-13(16)9-17-8-12/h2-3,6-9,18H,4-5H2,1H3. The third-order valence-corrected chi connectivity index (χ3v) is 3.65. The Labute approximate surface area is 105 Å². The Kier molecular flexibility index (Phi) is 2.45. The Morgan fingerprint density at radius 1 is 1.28 bits per heavy atom. The van der Waals surface area contributed by atoms with Crippen LogP contribution < -0.4 is 0 Å². The van der Waals surface area contributed by atoms with Gasteiger partial charge in [-0.25, -0.2) is 4.39 Å². The van der Waals surface area contributed by atoms with Gasteiger partial charge in [-0.2, -0.15) is 0 Å². The van der Waals surface area contributed by atoms with Crippen LogP contribution in [0.2, 0.25) is 0 Å². The number of aromatic nitrogens is 1. The van der Waals surface area contributed by atoms with Crippen LogP contribution in [0.3, 0.4) is 0 Å². The minimum atomic E-state index is -1.10. The SMILES string of the molecule is Cc1ccc2c(c1)C(O)(c1cncc(F)c1)CC2. The van der Waals surface area contributed by atoms with E-state index in [2.05, 4.69) is 4.98 Å². The van der Waals surface area contributed by atoms with Crippen LogP contribution in [-0.2, 0) is 12.0 Å². The molecule has 18 heavy (non-hydrogen) atoms. The first kappa shape index (κ1) is 11.4. The number of hydrogen-bond acceptors (Lipinski definition) is 2. The van der Waals surface area contributed by atoms with Crippen LogP contribution in [0.1, 0.15) is 28.7 Å². The fourth-order valence-electron chi connectivity index (χ4n) is 2.68. The summed E-state index contributed by atoms with van der Waals surface area (Å²) in [5.41, 5.74) is 2.55. The van der Waals surface area contributed by atoms with Gasteiger partial charge in [0, 0.05) is 11.8 Å². The van der Waals surface area contributed by atoms with Crippen molar-refractivity contribution in [2.75, 3.05) is 0 Å². The molecule has 1 aliphatic rings. The highest BCUT2D eigenvalue weighted by atomic mass is 19.1. The molecule has 1 aromatic heterocycles. The minimum absolute atomic E-state index is 0.415. The van der Waals surface area contributed by atoms with E-state index in [9.17, 15) is 9.50 Å². The highest BCUT2D eigenvalue weighted by molar-refractivity contribution is 5.46. The molecule has 0 radical (unpaired) electrons. The second-order valence-electron chi connectivity index (χ2n) is 4.91. The predicted molar refractivity (Wildman–Crippen MR) is 66.7 cm³/mol. The van der Waals surface area contributed by atoms with Crippen molar-refractivity contribution in [3.05, 3.63) is 64.7 Å². The van der Waals surface area contributed by atoms with Gasteiger partial charge in [0.1, 0.15) is 11.4 Å². The minimum Gasteiger partial charge on any atom is -0.380 e. The lowest BCUT2D eigenvalue weighted by Gasteiger charge is -2.24. The van der Waals surface area contributed by atoms with E-state index in [0.29, 0.717) is 12.0 Å². The van der Waals surface area contributed by atoms with Crippen molar-refractivity contribution in [2.45, 2.75) is 25.4 Å². The summed E-state index contributed by atoms with van der Waals surface area (Å²) in [6.07, 6.45) is 4.08. The number of hydrogen-bond donors (Lipinski definition) is 1. The first-order valence-electron chi connectivity index (χ1n) is 6.03. The van der Waals surface area contributed by atoms with Gasteiger partial charge >= 0.3 is 0 Å². The summed E-state index contributed by atoms with van der Waals surface area (Å²) < 4.78 is 13.3. The van der Waals surface area contributed by atoms with E-state index in [-0.39, 0.29) is 0 Å². The molecule has 1 atom stereocenters. The van der Waals surface area contributed by atoms with Gasteiger partial charge in [-0.15, -0.1) is 0 Å². The lowest BCUT2D eigenvalue weighted by molar-refractivity contribution is 0.0821. The summed E-state index contributed by atoms with van der Waals surface area (Å²) in [4.78, 5) is 3.83. The molecule has 0 saturated heterocycles. The van der Waals surface area contributed by atoms with E-state index in [1.807, 2.05) is 25.1 Å². The number of aryl methyl sites for hydroxylation is 2. The maximum absolute atomic E-state index is 13.3. The van der Waals surface area contributed by atoms with Gasteiger partial charge in [0.25, 0.3) is 0 Å². The summed E-state index contributed by atoms with van der Waals surface area (Å²) in [6.45, 7) is 1.99. The Bertz CT molecular complexity index is 611. The van der Waals surface area contributed by atoms with Gasteiger partial charge in [-0.05, 0) is 37.0 Å². The first-order valence-corrected chi connectivity index (χ1v) is 6.03. The second-order valence-corrected chi connectivity index (χ2v) is 4.91. The predicted octanol–water partition coefficient (Wildman–Crippen LogP) is 2.71. The van der Waals surface area contributed by atoms with Crippen molar-refractivity contribution in [3.8, 4) is 0 Å². The fourth-order valence-corrected chi connectivity index (χ4v) is 2.68. The van der Waals surface area contributed by atoms with Crippen molar-refractivity contribution in [2.24, 2.45) is 0 Å². The smallest absolute Gasteiger partial charge is 0.141 e. The number of halogens is 1. The summed E-state index contributed by atoms with van der Waals surface area (Å²) in [7, 11) is 0. The molecular weight excluding hydrogens is 229 g/mol. The van der Waals surface area contributed by atoms with Gasteiger partial charge in [-0.1, -0.05) is 23.8 Å². The van der Waals surface area contributed by atoms with Crippen molar-refractivity contribution >= 4 is 0 Å².